The van der Waals surface area contributed by atoms with E-state index in [1.807, 2.05) is 0 Å². The van der Waals surface area contributed by atoms with Crippen LogP contribution in [0.2, 0.25) is 0 Å². The van der Waals surface area contributed by atoms with Crippen molar-refractivity contribution in [1.82, 2.24) is 10.2 Å². The molecule has 0 aromatic heterocycles. The van der Waals surface area contributed by atoms with Crippen LogP contribution in [0, 0.1) is 0 Å². The molecule has 16 heavy (non-hydrogen) atoms. The fourth-order valence-electron chi connectivity index (χ4n) is 1.77. The third-order valence-electron chi connectivity index (χ3n) is 2.91. The van der Waals surface area contributed by atoms with E-state index in [1.54, 1.807) is 0 Å². The highest BCUT2D eigenvalue weighted by Crippen LogP contribution is 2.14. The number of amides is 1. The molecule has 1 aliphatic heterocycles. The number of halogens is 1. The van der Waals surface area contributed by atoms with Gasteiger partial charge in [-0.15, -0.1) is 11.6 Å². The van der Waals surface area contributed by atoms with Gasteiger partial charge in [-0.1, -0.05) is 0 Å². The summed E-state index contributed by atoms with van der Waals surface area (Å²) >= 11 is 5.51. The second kappa shape index (κ2) is 6.42. The zero-order chi connectivity index (χ0) is 12.0. The van der Waals surface area contributed by atoms with E-state index in [0.717, 1.165) is 26.3 Å². The van der Waals surface area contributed by atoms with Gasteiger partial charge in [-0.05, 0) is 13.8 Å². The molecule has 1 N–H and O–H groups in total. The van der Waals surface area contributed by atoms with Gasteiger partial charge in [0.2, 0.25) is 5.91 Å². The lowest BCUT2D eigenvalue weighted by Crippen LogP contribution is -2.55. The molecule has 1 heterocycles. The minimum atomic E-state index is -0.0221. The second-order valence-corrected chi connectivity index (χ2v) is 5.01. The number of rotatable bonds is 5. The number of nitrogens with one attached hydrogen (secondary N) is 1. The summed E-state index contributed by atoms with van der Waals surface area (Å²) in [5.74, 6) is 0.403. The summed E-state index contributed by atoms with van der Waals surface area (Å²) in [7, 11) is 0. The Hall–Kier alpha value is -0.320. The zero-order valence-electron chi connectivity index (χ0n) is 10.1. The highest BCUT2D eigenvalue weighted by molar-refractivity contribution is 6.18. The van der Waals surface area contributed by atoms with E-state index in [0.29, 0.717) is 18.8 Å². The summed E-state index contributed by atoms with van der Waals surface area (Å²) in [6.45, 7) is 8.34. The molecule has 1 saturated heterocycles. The van der Waals surface area contributed by atoms with Crippen molar-refractivity contribution in [3.8, 4) is 0 Å². The number of alkyl halides is 1. The Morgan fingerprint density at radius 2 is 2.06 bits per heavy atom. The number of morpholine rings is 1. The lowest BCUT2D eigenvalue weighted by molar-refractivity contribution is -0.121. The predicted molar refractivity (Wildman–Crippen MR) is 64.8 cm³/mol. The average Bonchev–Trinajstić information content (AvgIpc) is 2.28. The minimum Gasteiger partial charge on any atom is -0.379 e. The van der Waals surface area contributed by atoms with Gasteiger partial charge in [0, 0.05) is 37.5 Å². The molecule has 0 aromatic rings. The normalized spacial score (nSPS) is 18.4. The van der Waals surface area contributed by atoms with Gasteiger partial charge < -0.3 is 10.1 Å². The molecule has 0 bridgehead atoms. The first-order valence-corrected chi connectivity index (χ1v) is 6.25. The van der Waals surface area contributed by atoms with E-state index < -0.39 is 0 Å². The Bertz CT molecular complexity index is 228. The lowest BCUT2D eigenvalue weighted by Gasteiger charge is -2.40. The fourth-order valence-corrected chi connectivity index (χ4v) is 1.94. The molecule has 5 heteroatoms. The van der Waals surface area contributed by atoms with Crippen molar-refractivity contribution in [2.75, 3.05) is 38.7 Å². The van der Waals surface area contributed by atoms with Crippen LogP contribution in [0.5, 0.6) is 0 Å². The van der Waals surface area contributed by atoms with Gasteiger partial charge in [-0.25, -0.2) is 0 Å². The van der Waals surface area contributed by atoms with E-state index >= 15 is 0 Å². The molecule has 0 atom stereocenters. The number of ether oxygens (including phenoxy) is 1. The molecule has 0 aromatic carbocycles. The maximum absolute atomic E-state index is 11.3. The molecule has 4 nitrogen and oxygen atoms in total. The van der Waals surface area contributed by atoms with Crippen molar-refractivity contribution in [2.45, 2.75) is 25.8 Å². The summed E-state index contributed by atoms with van der Waals surface area (Å²) in [5.41, 5.74) is -0.0221. The summed E-state index contributed by atoms with van der Waals surface area (Å²) < 4.78 is 5.31. The Labute approximate surface area is 102 Å². The van der Waals surface area contributed by atoms with Crippen LogP contribution in [-0.4, -0.2) is 55.1 Å². The molecule has 1 rings (SSSR count). The average molecular weight is 249 g/mol. The van der Waals surface area contributed by atoms with Gasteiger partial charge in [0.15, 0.2) is 0 Å². The van der Waals surface area contributed by atoms with Crippen molar-refractivity contribution < 1.29 is 9.53 Å². The van der Waals surface area contributed by atoms with Crippen LogP contribution >= 0.6 is 11.6 Å². The molecular weight excluding hydrogens is 228 g/mol. The summed E-state index contributed by atoms with van der Waals surface area (Å²) in [5, 5.41) is 2.92. The summed E-state index contributed by atoms with van der Waals surface area (Å²) in [6.07, 6.45) is 0.390. The van der Waals surface area contributed by atoms with Gasteiger partial charge in [0.25, 0.3) is 0 Å². The van der Waals surface area contributed by atoms with Crippen LogP contribution in [0.25, 0.3) is 0 Å². The first-order valence-electron chi connectivity index (χ1n) is 5.72. The molecule has 1 aliphatic rings. The van der Waals surface area contributed by atoms with E-state index in [2.05, 4.69) is 24.1 Å². The first-order chi connectivity index (χ1) is 7.56. The van der Waals surface area contributed by atoms with Gasteiger partial charge in [-0.2, -0.15) is 0 Å². The Balaban J connectivity index is 2.34. The Kier molecular flexibility index (Phi) is 5.52. The molecular formula is C11H21ClN2O2. The first kappa shape index (κ1) is 13.7. The highest BCUT2D eigenvalue weighted by Gasteiger charge is 2.28. The number of hydrogen-bond donors (Lipinski definition) is 1. The molecule has 1 amide bonds. The van der Waals surface area contributed by atoms with E-state index in [4.69, 9.17) is 16.3 Å². The fraction of sp³-hybridized carbons (Fsp3) is 0.909. The van der Waals surface area contributed by atoms with Crippen molar-refractivity contribution >= 4 is 17.5 Å². The van der Waals surface area contributed by atoms with E-state index in [1.165, 1.54) is 0 Å². The summed E-state index contributed by atoms with van der Waals surface area (Å²) in [6, 6.07) is 0. The maximum atomic E-state index is 11.3. The van der Waals surface area contributed by atoms with Crippen LogP contribution in [-0.2, 0) is 9.53 Å². The lowest BCUT2D eigenvalue weighted by atomic mass is 10.0. The SMILES string of the molecule is CC(C)(CNC(=O)CCCl)N1CCOCC1. The van der Waals surface area contributed by atoms with Crippen LogP contribution < -0.4 is 5.32 Å². The molecule has 0 saturated carbocycles. The van der Waals surface area contributed by atoms with Crippen LogP contribution in [0.4, 0.5) is 0 Å². The summed E-state index contributed by atoms with van der Waals surface area (Å²) in [4.78, 5) is 13.7. The van der Waals surface area contributed by atoms with Gasteiger partial charge >= 0.3 is 0 Å². The van der Waals surface area contributed by atoms with Crippen molar-refractivity contribution in [3.63, 3.8) is 0 Å². The monoisotopic (exact) mass is 248 g/mol. The molecule has 0 unspecified atom stereocenters. The van der Waals surface area contributed by atoms with Crippen LogP contribution in [0.15, 0.2) is 0 Å². The van der Waals surface area contributed by atoms with Crippen molar-refractivity contribution in [2.24, 2.45) is 0 Å². The molecule has 0 spiro atoms. The third kappa shape index (κ3) is 4.28. The van der Waals surface area contributed by atoms with Crippen LogP contribution in [0.3, 0.4) is 0 Å². The molecule has 0 radical (unpaired) electrons. The molecule has 0 aliphatic carbocycles. The van der Waals surface area contributed by atoms with E-state index in [-0.39, 0.29) is 11.4 Å². The highest BCUT2D eigenvalue weighted by atomic mass is 35.5. The smallest absolute Gasteiger partial charge is 0.221 e. The Morgan fingerprint density at radius 1 is 1.44 bits per heavy atom. The number of nitrogens with zero attached hydrogens (tertiary/aromatic N) is 1. The molecule has 1 fully saturated rings. The van der Waals surface area contributed by atoms with Crippen LogP contribution in [0.1, 0.15) is 20.3 Å². The quantitative estimate of drug-likeness (QED) is 0.734. The Morgan fingerprint density at radius 3 is 2.62 bits per heavy atom. The van der Waals surface area contributed by atoms with Crippen molar-refractivity contribution in [3.05, 3.63) is 0 Å². The maximum Gasteiger partial charge on any atom is 0.221 e. The number of carbonyl (C=O) groups is 1. The van der Waals surface area contributed by atoms with Crippen molar-refractivity contribution in [1.29, 1.82) is 0 Å². The molecule has 94 valence electrons. The third-order valence-corrected chi connectivity index (χ3v) is 3.10. The zero-order valence-corrected chi connectivity index (χ0v) is 10.8. The largest absolute Gasteiger partial charge is 0.379 e. The van der Waals surface area contributed by atoms with E-state index in [9.17, 15) is 4.79 Å². The number of carbonyl (C=O) groups excluding carboxylic acids is 1. The second-order valence-electron chi connectivity index (χ2n) is 4.63. The minimum absolute atomic E-state index is 0.0221. The van der Waals surface area contributed by atoms with Gasteiger partial charge in [0.1, 0.15) is 0 Å². The van der Waals surface area contributed by atoms with Gasteiger partial charge in [-0.3, -0.25) is 9.69 Å². The predicted octanol–water partition coefficient (Wildman–Crippen LogP) is 0.842. The van der Waals surface area contributed by atoms with Gasteiger partial charge in [0.05, 0.1) is 13.2 Å². The topological polar surface area (TPSA) is 41.6 Å². The number of hydrogen-bond acceptors (Lipinski definition) is 3. The standard InChI is InChI=1S/C11H21ClN2O2/c1-11(2,9-13-10(15)3-4-12)14-5-7-16-8-6-14/h3-9H2,1-2H3,(H,13,15).